The van der Waals surface area contributed by atoms with Gasteiger partial charge in [0.1, 0.15) is 0 Å². The van der Waals surface area contributed by atoms with E-state index in [1.807, 2.05) is 6.07 Å². The van der Waals surface area contributed by atoms with E-state index in [2.05, 4.69) is 37.4 Å². The Hall–Kier alpha value is -0.386. The summed E-state index contributed by atoms with van der Waals surface area (Å²) >= 11 is 0. The van der Waals surface area contributed by atoms with Crippen molar-refractivity contribution in [3.05, 3.63) is 30.3 Å². The fourth-order valence-electron chi connectivity index (χ4n) is 0.802. The third kappa shape index (κ3) is 3.50. The summed E-state index contributed by atoms with van der Waals surface area (Å²) in [5, 5.41) is 1.40. The first-order valence-electron chi connectivity index (χ1n) is 3.76. The molecule has 1 nitrogen and oxygen atoms in total. The molecule has 0 fully saturated rings. The topological polar surface area (TPSA) is 9.23 Å². The Kier molecular flexibility index (Phi) is 3.55. The van der Waals surface area contributed by atoms with Crippen molar-refractivity contribution in [1.82, 2.24) is 0 Å². The molecule has 3 heteroatoms. The maximum absolute atomic E-state index is 5.67. The molecular formula is C8H13OSi2. The van der Waals surface area contributed by atoms with E-state index in [1.165, 1.54) is 5.19 Å². The lowest BCUT2D eigenvalue weighted by atomic mass is 10.4. The maximum Gasteiger partial charge on any atom is 0.191 e. The molecule has 1 rings (SSSR count). The molecule has 0 saturated carbocycles. The zero-order chi connectivity index (χ0) is 8.10. The van der Waals surface area contributed by atoms with Gasteiger partial charge >= 0.3 is 0 Å². The van der Waals surface area contributed by atoms with E-state index in [0.29, 0.717) is 0 Å². The van der Waals surface area contributed by atoms with Crippen LogP contribution in [0.25, 0.3) is 0 Å². The molecule has 0 saturated heterocycles. The van der Waals surface area contributed by atoms with Gasteiger partial charge in [0.2, 0.25) is 0 Å². The van der Waals surface area contributed by atoms with E-state index < -0.39 is 18.8 Å². The Morgan fingerprint density at radius 2 is 1.82 bits per heavy atom. The lowest BCUT2D eigenvalue weighted by molar-refractivity contribution is 0.635. The van der Waals surface area contributed by atoms with Crippen LogP contribution >= 0.6 is 0 Å². The van der Waals surface area contributed by atoms with Crippen LogP contribution in [0.2, 0.25) is 13.1 Å². The van der Waals surface area contributed by atoms with E-state index in [0.717, 1.165) is 0 Å². The summed E-state index contributed by atoms with van der Waals surface area (Å²) in [4.78, 5) is 0. The fraction of sp³-hybridized carbons (Fsp3) is 0.250. The van der Waals surface area contributed by atoms with Crippen LogP contribution in [0.3, 0.4) is 0 Å². The van der Waals surface area contributed by atoms with Gasteiger partial charge in [0.05, 0.1) is 0 Å². The molecule has 0 unspecified atom stereocenters. The van der Waals surface area contributed by atoms with Gasteiger partial charge < -0.3 is 4.12 Å². The molecule has 1 aromatic carbocycles. The molecule has 0 aliphatic rings. The van der Waals surface area contributed by atoms with Gasteiger partial charge in [-0.3, -0.25) is 0 Å². The Morgan fingerprint density at radius 3 is 2.36 bits per heavy atom. The van der Waals surface area contributed by atoms with Crippen LogP contribution in [-0.4, -0.2) is 18.8 Å². The van der Waals surface area contributed by atoms with Crippen LogP contribution < -0.4 is 5.19 Å². The van der Waals surface area contributed by atoms with Crippen LogP contribution in [0.1, 0.15) is 0 Å². The lowest BCUT2D eigenvalue weighted by Crippen LogP contribution is -2.22. The highest BCUT2D eigenvalue weighted by Crippen LogP contribution is 1.84. The number of hydrogen-bond acceptors (Lipinski definition) is 1. The Morgan fingerprint density at radius 1 is 1.18 bits per heavy atom. The SMILES string of the molecule is C[Si](C)O[SiH2]c1ccccc1. The molecule has 0 N–H and O–H groups in total. The van der Waals surface area contributed by atoms with E-state index in [1.54, 1.807) is 0 Å². The molecule has 0 aliphatic heterocycles. The van der Waals surface area contributed by atoms with Gasteiger partial charge in [0, 0.05) is 0 Å². The molecule has 0 aliphatic carbocycles. The summed E-state index contributed by atoms with van der Waals surface area (Å²) in [6.45, 7) is 4.36. The molecule has 1 aromatic rings. The van der Waals surface area contributed by atoms with Crippen molar-refractivity contribution >= 4 is 24.0 Å². The highest BCUT2D eigenvalue weighted by Gasteiger charge is 1.96. The molecular weight excluding hydrogens is 168 g/mol. The Labute approximate surface area is 72.1 Å². The van der Waals surface area contributed by atoms with Crippen LogP contribution in [-0.2, 0) is 4.12 Å². The Bertz CT molecular complexity index is 199. The highest BCUT2D eigenvalue weighted by molar-refractivity contribution is 6.61. The maximum atomic E-state index is 5.67. The molecule has 0 heterocycles. The molecule has 59 valence electrons. The molecule has 1 radical (unpaired) electrons. The van der Waals surface area contributed by atoms with Crippen molar-refractivity contribution < 1.29 is 4.12 Å². The van der Waals surface area contributed by atoms with Crippen molar-refractivity contribution in [3.8, 4) is 0 Å². The van der Waals surface area contributed by atoms with Crippen molar-refractivity contribution in [2.75, 3.05) is 0 Å². The smallest absolute Gasteiger partial charge is 0.191 e. The second kappa shape index (κ2) is 4.48. The molecule has 0 amide bonds. The first-order valence-corrected chi connectivity index (χ1v) is 7.45. The van der Waals surface area contributed by atoms with Gasteiger partial charge in [-0.05, 0) is 18.3 Å². The van der Waals surface area contributed by atoms with Crippen molar-refractivity contribution in [1.29, 1.82) is 0 Å². The normalized spacial score (nSPS) is 11.5. The minimum atomic E-state index is -0.471. The first-order chi connectivity index (χ1) is 5.29. The summed E-state index contributed by atoms with van der Waals surface area (Å²) < 4.78 is 5.67. The predicted octanol–water partition coefficient (Wildman–Crippen LogP) is 0.663. The highest BCUT2D eigenvalue weighted by atomic mass is 28.3. The van der Waals surface area contributed by atoms with Gasteiger partial charge in [0.15, 0.2) is 18.8 Å². The van der Waals surface area contributed by atoms with E-state index in [9.17, 15) is 0 Å². The summed E-state index contributed by atoms with van der Waals surface area (Å²) in [5.74, 6) is 0. The molecule has 11 heavy (non-hydrogen) atoms. The third-order valence-corrected chi connectivity index (χ3v) is 5.06. The number of rotatable bonds is 3. The monoisotopic (exact) mass is 181 g/mol. The number of benzene rings is 1. The van der Waals surface area contributed by atoms with Crippen LogP contribution in [0, 0.1) is 0 Å². The largest absolute Gasteiger partial charge is 0.457 e. The molecule has 0 atom stereocenters. The fourth-order valence-corrected chi connectivity index (χ4v) is 3.09. The lowest BCUT2D eigenvalue weighted by Gasteiger charge is -2.04. The standard InChI is InChI=1S/C8H13OSi2/c1-11(2)9-10-8-6-4-3-5-7-8/h3-7H,10H2,1-2H3. The minimum Gasteiger partial charge on any atom is -0.457 e. The Balaban J connectivity index is 2.39. The number of hydrogen-bond donors (Lipinski definition) is 0. The predicted molar refractivity (Wildman–Crippen MR) is 53.2 cm³/mol. The van der Waals surface area contributed by atoms with Gasteiger partial charge in [-0.1, -0.05) is 30.3 Å². The van der Waals surface area contributed by atoms with Crippen LogP contribution in [0.5, 0.6) is 0 Å². The molecule has 0 aromatic heterocycles. The van der Waals surface area contributed by atoms with E-state index in [-0.39, 0.29) is 0 Å². The van der Waals surface area contributed by atoms with Crippen molar-refractivity contribution in [3.63, 3.8) is 0 Å². The average Bonchev–Trinajstić information content (AvgIpc) is 2.03. The second-order valence-electron chi connectivity index (χ2n) is 2.68. The second-order valence-corrected chi connectivity index (χ2v) is 6.76. The molecule has 0 bridgehead atoms. The van der Waals surface area contributed by atoms with Gasteiger partial charge in [0.25, 0.3) is 0 Å². The minimum absolute atomic E-state index is 0.414. The summed E-state index contributed by atoms with van der Waals surface area (Å²) in [6, 6.07) is 10.5. The zero-order valence-corrected chi connectivity index (χ0v) is 9.42. The van der Waals surface area contributed by atoms with Gasteiger partial charge in [-0.2, -0.15) is 0 Å². The van der Waals surface area contributed by atoms with Crippen molar-refractivity contribution in [2.45, 2.75) is 13.1 Å². The van der Waals surface area contributed by atoms with Crippen LogP contribution in [0.4, 0.5) is 0 Å². The van der Waals surface area contributed by atoms with Gasteiger partial charge in [-0.15, -0.1) is 0 Å². The summed E-state index contributed by atoms with van der Waals surface area (Å²) in [7, 11) is -0.884. The third-order valence-electron chi connectivity index (χ3n) is 1.37. The summed E-state index contributed by atoms with van der Waals surface area (Å²) in [5.41, 5.74) is 0. The first kappa shape index (κ1) is 8.71. The quantitative estimate of drug-likeness (QED) is 0.623. The average molecular weight is 181 g/mol. The van der Waals surface area contributed by atoms with Crippen molar-refractivity contribution in [2.24, 2.45) is 0 Å². The summed E-state index contributed by atoms with van der Waals surface area (Å²) in [6.07, 6.45) is 0. The van der Waals surface area contributed by atoms with E-state index >= 15 is 0 Å². The van der Waals surface area contributed by atoms with Crippen LogP contribution in [0.15, 0.2) is 30.3 Å². The van der Waals surface area contributed by atoms with E-state index in [4.69, 9.17) is 4.12 Å². The molecule has 0 spiro atoms. The van der Waals surface area contributed by atoms with Gasteiger partial charge in [-0.25, -0.2) is 0 Å². The zero-order valence-electron chi connectivity index (χ0n) is 7.00.